The molecular weight excluding hydrogens is 448 g/mol. The number of amides is 1. The molecule has 1 N–H and O–H groups in total. The smallest absolute Gasteiger partial charge is 0.343 e. The largest absolute Gasteiger partial charge is 0.497 e. The van der Waals surface area contributed by atoms with Crippen LogP contribution < -0.4 is 14.9 Å². The highest BCUT2D eigenvalue weighted by atomic mass is 79.9. The maximum Gasteiger partial charge on any atom is 0.343 e. The molecule has 0 aliphatic carbocycles. The third-order valence-corrected chi connectivity index (χ3v) is 4.64. The number of carbonyl (C=O) groups is 2. The zero-order chi connectivity index (χ0) is 21.5. The summed E-state index contributed by atoms with van der Waals surface area (Å²) in [5.74, 6) is 0.136. The van der Waals surface area contributed by atoms with Crippen molar-refractivity contribution in [2.24, 2.45) is 5.10 Å². The molecule has 0 atom stereocenters. The minimum Gasteiger partial charge on any atom is -0.497 e. The van der Waals surface area contributed by atoms with E-state index in [9.17, 15) is 9.59 Å². The van der Waals surface area contributed by atoms with Gasteiger partial charge in [0.05, 0.1) is 18.9 Å². The highest BCUT2D eigenvalue weighted by Gasteiger charge is 2.12. The highest BCUT2D eigenvalue weighted by Crippen LogP contribution is 2.23. The lowest BCUT2D eigenvalue weighted by atomic mass is 10.1. The third-order valence-electron chi connectivity index (χ3n) is 4.15. The van der Waals surface area contributed by atoms with Crippen molar-refractivity contribution in [2.45, 2.75) is 6.92 Å². The number of nitrogens with one attached hydrogen (secondary N) is 1. The fourth-order valence-electron chi connectivity index (χ4n) is 2.61. The topological polar surface area (TPSA) is 77.0 Å². The molecule has 0 fully saturated rings. The number of esters is 1. The SMILES string of the molecule is COc1ccc(C(=O)NN=Cc2cc(Br)ccc2OC(=O)c2cccc(C)c2)cc1. The summed E-state index contributed by atoms with van der Waals surface area (Å²) in [4.78, 5) is 24.7. The molecule has 3 rings (SSSR count). The molecule has 0 saturated carbocycles. The summed E-state index contributed by atoms with van der Waals surface area (Å²) in [5.41, 5.74) is 4.84. The Balaban J connectivity index is 1.72. The molecular formula is C23H19BrN2O4. The summed E-state index contributed by atoms with van der Waals surface area (Å²) in [6.07, 6.45) is 1.42. The van der Waals surface area contributed by atoms with Gasteiger partial charge < -0.3 is 9.47 Å². The molecule has 0 heterocycles. The van der Waals surface area contributed by atoms with Crippen molar-refractivity contribution in [3.8, 4) is 11.5 Å². The van der Waals surface area contributed by atoms with Crippen LogP contribution in [0.25, 0.3) is 0 Å². The molecule has 0 aliphatic heterocycles. The van der Waals surface area contributed by atoms with Crippen LogP contribution in [0.15, 0.2) is 76.3 Å². The summed E-state index contributed by atoms with van der Waals surface area (Å²) < 4.78 is 11.4. The van der Waals surface area contributed by atoms with E-state index in [0.717, 1.165) is 10.0 Å². The Kier molecular flexibility index (Phi) is 6.98. The first-order valence-corrected chi connectivity index (χ1v) is 9.81. The van der Waals surface area contributed by atoms with Crippen molar-refractivity contribution in [3.05, 3.63) is 93.5 Å². The van der Waals surface area contributed by atoms with E-state index in [2.05, 4.69) is 26.5 Å². The second kappa shape index (κ2) is 9.84. The lowest BCUT2D eigenvalue weighted by Crippen LogP contribution is -2.17. The molecule has 1 amide bonds. The first-order chi connectivity index (χ1) is 14.5. The van der Waals surface area contributed by atoms with Crippen LogP contribution in [0.4, 0.5) is 0 Å². The average molecular weight is 467 g/mol. The van der Waals surface area contributed by atoms with Gasteiger partial charge >= 0.3 is 5.97 Å². The highest BCUT2D eigenvalue weighted by molar-refractivity contribution is 9.10. The first-order valence-electron chi connectivity index (χ1n) is 9.02. The predicted molar refractivity (Wildman–Crippen MR) is 118 cm³/mol. The zero-order valence-corrected chi connectivity index (χ0v) is 18.0. The van der Waals surface area contributed by atoms with Crippen LogP contribution in [0.5, 0.6) is 11.5 Å². The molecule has 0 bridgehead atoms. The molecule has 0 saturated heterocycles. The minimum absolute atomic E-state index is 0.326. The number of methoxy groups -OCH3 is 1. The van der Waals surface area contributed by atoms with Crippen molar-refractivity contribution in [1.82, 2.24) is 5.43 Å². The molecule has 6 nitrogen and oxygen atoms in total. The fourth-order valence-corrected chi connectivity index (χ4v) is 2.99. The van der Waals surface area contributed by atoms with E-state index in [4.69, 9.17) is 9.47 Å². The van der Waals surface area contributed by atoms with Crippen LogP contribution in [-0.2, 0) is 0 Å². The molecule has 0 aliphatic rings. The number of benzene rings is 3. The molecule has 0 spiro atoms. The molecule has 0 radical (unpaired) electrons. The number of hydrogen-bond donors (Lipinski definition) is 1. The van der Waals surface area contributed by atoms with E-state index in [1.165, 1.54) is 6.21 Å². The molecule has 0 unspecified atom stereocenters. The average Bonchev–Trinajstić information content (AvgIpc) is 2.75. The van der Waals surface area contributed by atoms with Crippen molar-refractivity contribution >= 4 is 34.0 Å². The number of nitrogens with zero attached hydrogens (tertiary/aromatic N) is 1. The zero-order valence-electron chi connectivity index (χ0n) is 16.4. The fraction of sp³-hybridized carbons (Fsp3) is 0.0870. The number of rotatable bonds is 6. The second-order valence-corrected chi connectivity index (χ2v) is 7.28. The summed E-state index contributed by atoms with van der Waals surface area (Å²) in [5, 5.41) is 3.99. The molecule has 7 heteroatoms. The Labute approximate surface area is 182 Å². The first kappa shape index (κ1) is 21.3. The van der Waals surface area contributed by atoms with Gasteiger partial charge in [0, 0.05) is 15.6 Å². The van der Waals surface area contributed by atoms with Crippen molar-refractivity contribution in [1.29, 1.82) is 0 Å². The maximum atomic E-state index is 12.5. The van der Waals surface area contributed by atoms with E-state index < -0.39 is 5.97 Å². The van der Waals surface area contributed by atoms with Crippen LogP contribution in [0, 0.1) is 6.92 Å². The van der Waals surface area contributed by atoms with Crippen LogP contribution in [0.2, 0.25) is 0 Å². The molecule has 152 valence electrons. The van der Waals surface area contributed by atoms with Crippen molar-refractivity contribution in [2.75, 3.05) is 7.11 Å². The van der Waals surface area contributed by atoms with E-state index in [1.54, 1.807) is 67.8 Å². The van der Waals surface area contributed by atoms with Gasteiger partial charge in [-0.2, -0.15) is 5.10 Å². The van der Waals surface area contributed by atoms with Gasteiger partial charge in [-0.3, -0.25) is 4.79 Å². The van der Waals surface area contributed by atoms with Gasteiger partial charge in [0.2, 0.25) is 0 Å². The molecule has 3 aromatic rings. The lowest BCUT2D eigenvalue weighted by molar-refractivity contribution is 0.0734. The minimum atomic E-state index is -0.474. The molecule has 0 aromatic heterocycles. The van der Waals surface area contributed by atoms with Gasteiger partial charge in [-0.05, 0) is 61.5 Å². The quantitative estimate of drug-likeness (QED) is 0.246. The standard InChI is InChI=1S/C23H19BrN2O4/c1-15-4-3-5-17(12-15)23(28)30-21-11-8-19(24)13-18(21)14-25-26-22(27)16-6-9-20(29-2)10-7-16/h3-14H,1-2H3,(H,26,27). The van der Waals surface area contributed by atoms with Gasteiger partial charge in [0.1, 0.15) is 11.5 Å². The van der Waals surface area contributed by atoms with E-state index >= 15 is 0 Å². The normalized spacial score (nSPS) is 10.6. The number of hydrazone groups is 1. The Morgan fingerprint density at radius 3 is 2.47 bits per heavy atom. The third kappa shape index (κ3) is 5.55. The Bertz CT molecular complexity index is 1090. The van der Waals surface area contributed by atoms with Gasteiger partial charge in [0.25, 0.3) is 5.91 Å². The van der Waals surface area contributed by atoms with Gasteiger partial charge in [-0.1, -0.05) is 33.6 Å². The number of aryl methyl sites for hydroxylation is 1. The Morgan fingerprint density at radius 1 is 1.00 bits per heavy atom. The summed E-state index contributed by atoms with van der Waals surface area (Å²) in [6, 6.07) is 18.9. The maximum absolute atomic E-state index is 12.5. The van der Waals surface area contributed by atoms with Crippen LogP contribution in [-0.4, -0.2) is 25.2 Å². The van der Waals surface area contributed by atoms with Crippen molar-refractivity contribution in [3.63, 3.8) is 0 Å². The molecule has 30 heavy (non-hydrogen) atoms. The lowest BCUT2D eigenvalue weighted by Gasteiger charge is -2.08. The number of hydrogen-bond acceptors (Lipinski definition) is 5. The summed E-state index contributed by atoms with van der Waals surface area (Å²) >= 11 is 3.39. The number of halogens is 1. The summed E-state index contributed by atoms with van der Waals surface area (Å²) in [7, 11) is 1.56. The Morgan fingerprint density at radius 2 is 1.77 bits per heavy atom. The number of carbonyl (C=O) groups excluding carboxylic acids is 2. The predicted octanol–water partition coefficient (Wildman–Crippen LogP) is 4.75. The van der Waals surface area contributed by atoms with Crippen molar-refractivity contribution < 1.29 is 19.1 Å². The van der Waals surface area contributed by atoms with Gasteiger partial charge in [-0.15, -0.1) is 0 Å². The van der Waals surface area contributed by atoms with Crippen LogP contribution in [0.1, 0.15) is 31.8 Å². The number of ether oxygens (including phenoxy) is 2. The van der Waals surface area contributed by atoms with E-state index in [0.29, 0.717) is 28.2 Å². The Hall–Kier alpha value is -3.45. The van der Waals surface area contributed by atoms with Crippen LogP contribution >= 0.6 is 15.9 Å². The van der Waals surface area contributed by atoms with Gasteiger partial charge in [-0.25, -0.2) is 10.2 Å². The van der Waals surface area contributed by atoms with Gasteiger partial charge in [0.15, 0.2) is 0 Å². The second-order valence-electron chi connectivity index (χ2n) is 6.37. The summed E-state index contributed by atoms with van der Waals surface area (Å²) in [6.45, 7) is 1.90. The molecule has 3 aromatic carbocycles. The monoisotopic (exact) mass is 466 g/mol. The van der Waals surface area contributed by atoms with Crippen LogP contribution in [0.3, 0.4) is 0 Å². The van der Waals surface area contributed by atoms with E-state index in [1.807, 2.05) is 13.0 Å². The van der Waals surface area contributed by atoms with E-state index in [-0.39, 0.29) is 5.91 Å².